The first-order valence-electron chi connectivity index (χ1n) is 7.69. The lowest BCUT2D eigenvalue weighted by Gasteiger charge is -2.11. The van der Waals surface area contributed by atoms with Crippen LogP contribution in [0.25, 0.3) is 22.5 Å². The van der Waals surface area contributed by atoms with Gasteiger partial charge < -0.3 is 4.98 Å². The Kier molecular flexibility index (Phi) is 3.87. The second kappa shape index (κ2) is 5.84. The maximum absolute atomic E-state index is 11.8. The van der Waals surface area contributed by atoms with Crippen LogP contribution in [0.5, 0.6) is 0 Å². The molecule has 3 aromatic rings. The Balaban J connectivity index is 2.28. The molecule has 3 rings (SSSR count). The molecule has 0 aliphatic rings. The number of nitrogens with one attached hydrogen (secondary N) is 1. The highest BCUT2D eigenvalue weighted by Gasteiger charge is 2.12. The van der Waals surface area contributed by atoms with Crippen molar-refractivity contribution in [3.05, 3.63) is 75.2 Å². The SMILES string of the molecule is Cc1cc(C)cc(-c2ncc(=O)[nH]c2-c2cc(C)cc(C)c2)c1. The first-order valence-corrected chi connectivity index (χ1v) is 7.69. The molecule has 0 radical (unpaired) electrons. The molecule has 1 heterocycles. The summed E-state index contributed by atoms with van der Waals surface area (Å²) in [7, 11) is 0. The van der Waals surface area contributed by atoms with E-state index < -0.39 is 0 Å². The van der Waals surface area contributed by atoms with Crippen LogP contribution in [0, 0.1) is 27.7 Å². The van der Waals surface area contributed by atoms with E-state index in [4.69, 9.17) is 0 Å². The lowest BCUT2D eigenvalue weighted by Crippen LogP contribution is -2.09. The molecular weight excluding hydrogens is 284 g/mol. The van der Waals surface area contributed by atoms with E-state index in [1.165, 1.54) is 17.3 Å². The van der Waals surface area contributed by atoms with E-state index in [1.54, 1.807) is 0 Å². The van der Waals surface area contributed by atoms with E-state index in [2.05, 4.69) is 74.1 Å². The van der Waals surface area contributed by atoms with Crippen LogP contribution in [0.15, 0.2) is 47.4 Å². The van der Waals surface area contributed by atoms with Crippen LogP contribution in [0.4, 0.5) is 0 Å². The molecule has 0 amide bonds. The normalized spacial score (nSPS) is 10.8. The van der Waals surface area contributed by atoms with Crippen LogP contribution < -0.4 is 5.56 Å². The van der Waals surface area contributed by atoms with Gasteiger partial charge in [0.05, 0.1) is 17.6 Å². The third-order valence-electron chi connectivity index (χ3n) is 3.80. The highest BCUT2D eigenvalue weighted by atomic mass is 16.1. The topological polar surface area (TPSA) is 45.8 Å². The number of aryl methyl sites for hydroxylation is 4. The van der Waals surface area contributed by atoms with Gasteiger partial charge in [-0.25, -0.2) is 4.98 Å². The third-order valence-corrected chi connectivity index (χ3v) is 3.80. The minimum absolute atomic E-state index is 0.188. The average molecular weight is 304 g/mol. The Hall–Kier alpha value is -2.68. The summed E-state index contributed by atoms with van der Waals surface area (Å²) in [6.45, 7) is 8.25. The molecule has 3 heteroatoms. The summed E-state index contributed by atoms with van der Waals surface area (Å²) in [5.41, 5.74) is 8.09. The number of aromatic amines is 1. The molecule has 0 unspecified atom stereocenters. The second-order valence-electron chi connectivity index (χ2n) is 6.22. The summed E-state index contributed by atoms with van der Waals surface area (Å²) < 4.78 is 0. The number of nitrogens with zero attached hydrogens (tertiary/aromatic N) is 1. The molecule has 116 valence electrons. The molecule has 0 atom stereocenters. The summed E-state index contributed by atoms with van der Waals surface area (Å²) in [6.07, 6.45) is 1.35. The number of rotatable bonds is 2. The largest absolute Gasteiger partial charge is 0.319 e. The van der Waals surface area contributed by atoms with Crippen molar-refractivity contribution < 1.29 is 0 Å². The van der Waals surface area contributed by atoms with Gasteiger partial charge in [0, 0.05) is 11.1 Å². The molecular formula is C20H20N2O. The summed E-state index contributed by atoms with van der Waals surface area (Å²) in [5.74, 6) is 0. The summed E-state index contributed by atoms with van der Waals surface area (Å²) in [5, 5.41) is 0. The van der Waals surface area contributed by atoms with Gasteiger partial charge in [-0.2, -0.15) is 0 Å². The van der Waals surface area contributed by atoms with Crippen molar-refractivity contribution in [2.45, 2.75) is 27.7 Å². The van der Waals surface area contributed by atoms with Crippen molar-refractivity contribution in [1.29, 1.82) is 0 Å². The molecule has 0 aliphatic carbocycles. The smallest absolute Gasteiger partial charge is 0.266 e. The van der Waals surface area contributed by atoms with Crippen molar-refractivity contribution >= 4 is 0 Å². The molecule has 0 fully saturated rings. The molecule has 1 N–H and O–H groups in total. The molecule has 0 bridgehead atoms. The number of aromatic nitrogens is 2. The van der Waals surface area contributed by atoms with Gasteiger partial charge in [0.15, 0.2) is 0 Å². The number of hydrogen-bond donors (Lipinski definition) is 1. The monoisotopic (exact) mass is 304 g/mol. The van der Waals surface area contributed by atoms with E-state index in [9.17, 15) is 4.79 Å². The second-order valence-corrected chi connectivity index (χ2v) is 6.22. The van der Waals surface area contributed by atoms with Gasteiger partial charge in [0.2, 0.25) is 0 Å². The fraction of sp³-hybridized carbons (Fsp3) is 0.200. The van der Waals surface area contributed by atoms with Crippen molar-refractivity contribution in [2.24, 2.45) is 0 Å². The summed E-state index contributed by atoms with van der Waals surface area (Å²) in [6, 6.07) is 12.6. The third kappa shape index (κ3) is 3.24. The highest BCUT2D eigenvalue weighted by Crippen LogP contribution is 2.30. The summed E-state index contributed by atoms with van der Waals surface area (Å²) >= 11 is 0. The molecule has 0 saturated carbocycles. The van der Waals surface area contributed by atoms with Gasteiger partial charge in [0.1, 0.15) is 0 Å². The van der Waals surface area contributed by atoms with Crippen LogP contribution in [0.2, 0.25) is 0 Å². The first-order chi connectivity index (χ1) is 10.9. The van der Waals surface area contributed by atoms with Gasteiger partial charge in [-0.05, 0) is 52.0 Å². The molecule has 3 nitrogen and oxygen atoms in total. The zero-order valence-corrected chi connectivity index (χ0v) is 13.9. The average Bonchev–Trinajstić information content (AvgIpc) is 2.45. The lowest BCUT2D eigenvalue weighted by molar-refractivity contribution is 1.14. The van der Waals surface area contributed by atoms with Crippen molar-refractivity contribution in [3.8, 4) is 22.5 Å². The Labute approximate surface area is 136 Å². The zero-order valence-electron chi connectivity index (χ0n) is 13.9. The molecule has 1 aromatic heterocycles. The Morgan fingerprint density at radius 3 is 1.74 bits per heavy atom. The quantitative estimate of drug-likeness (QED) is 0.765. The van der Waals surface area contributed by atoms with E-state index in [1.807, 2.05) is 0 Å². The Bertz CT molecular complexity index is 898. The highest BCUT2D eigenvalue weighted by molar-refractivity contribution is 5.78. The van der Waals surface area contributed by atoms with E-state index in [0.29, 0.717) is 0 Å². The molecule has 0 aliphatic heterocycles. The molecule has 0 saturated heterocycles. The van der Waals surface area contributed by atoms with Gasteiger partial charge in [-0.3, -0.25) is 4.79 Å². The number of H-pyrrole nitrogens is 1. The van der Waals surface area contributed by atoms with Crippen LogP contribution >= 0.6 is 0 Å². The standard InChI is InChI=1S/C20H20N2O/c1-12-5-13(2)8-16(7-12)19-20(22-18(23)11-21-19)17-9-14(3)6-15(4)10-17/h5-11H,1-4H3,(H,22,23). The molecule has 23 heavy (non-hydrogen) atoms. The minimum atomic E-state index is -0.188. The molecule has 0 spiro atoms. The van der Waals surface area contributed by atoms with Gasteiger partial charge in [0.25, 0.3) is 5.56 Å². The maximum atomic E-state index is 11.8. The zero-order chi connectivity index (χ0) is 16.6. The fourth-order valence-corrected chi connectivity index (χ4v) is 3.06. The van der Waals surface area contributed by atoms with E-state index in [0.717, 1.165) is 33.6 Å². The maximum Gasteiger partial charge on any atom is 0.266 e. The minimum Gasteiger partial charge on any atom is -0.319 e. The van der Waals surface area contributed by atoms with Crippen molar-refractivity contribution in [3.63, 3.8) is 0 Å². The lowest BCUT2D eigenvalue weighted by atomic mass is 9.98. The van der Waals surface area contributed by atoms with Gasteiger partial charge in [-0.1, -0.05) is 34.4 Å². The van der Waals surface area contributed by atoms with E-state index >= 15 is 0 Å². The fourth-order valence-electron chi connectivity index (χ4n) is 3.06. The van der Waals surface area contributed by atoms with Crippen LogP contribution in [-0.2, 0) is 0 Å². The number of benzene rings is 2. The Morgan fingerprint density at radius 1 is 0.739 bits per heavy atom. The molecule has 2 aromatic carbocycles. The predicted molar refractivity (Wildman–Crippen MR) is 94.7 cm³/mol. The van der Waals surface area contributed by atoms with Gasteiger partial charge in [-0.15, -0.1) is 0 Å². The van der Waals surface area contributed by atoms with Crippen molar-refractivity contribution in [1.82, 2.24) is 9.97 Å². The first kappa shape index (κ1) is 15.2. The summed E-state index contributed by atoms with van der Waals surface area (Å²) in [4.78, 5) is 19.2. The van der Waals surface area contributed by atoms with Crippen LogP contribution in [0.3, 0.4) is 0 Å². The van der Waals surface area contributed by atoms with Gasteiger partial charge >= 0.3 is 0 Å². The van der Waals surface area contributed by atoms with Crippen molar-refractivity contribution in [2.75, 3.05) is 0 Å². The Morgan fingerprint density at radius 2 is 1.22 bits per heavy atom. The van der Waals surface area contributed by atoms with Crippen LogP contribution in [0.1, 0.15) is 22.3 Å². The van der Waals surface area contributed by atoms with E-state index in [-0.39, 0.29) is 5.56 Å². The van der Waals surface area contributed by atoms with Crippen LogP contribution in [-0.4, -0.2) is 9.97 Å². The number of hydrogen-bond acceptors (Lipinski definition) is 2. The predicted octanol–water partition coefficient (Wildman–Crippen LogP) is 4.34.